The first kappa shape index (κ1) is 17.7. The van der Waals surface area contributed by atoms with Gasteiger partial charge >= 0.3 is 6.09 Å². The molecule has 0 heterocycles. The monoisotopic (exact) mass is 346 g/mol. The number of carbonyl (C=O) groups excluding carboxylic acids is 2. The van der Waals surface area contributed by atoms with Crippen LogP contribution in [0.2, 0.25) is 0 Å². The van der Waals surface area contributed by atoms with E-state index in [1.807, 2.05) is 30.3 Å². The van der Waals surface area contributed by atoms with E-state index in [9.17, 15) is 14.7 Å². The summed E-state index contributed by atoms with van der Waals surface area (Å²) in [5, 5.41) is 13.2. The Kier molecular flexibility index (Phi) is 5.58. The zero-order chi connectivity index (χ0) is 17.8. The Morgan fingerprint density at radius 1 is 1.24 bits per heavy atom. The largest absolute Gasteiger partial charge is 0.445 e. The highest BCUT2D eigenvalue weighted by molar-refractivity contribution is 5.82. The third kappa shape index (κ3) is 4.51. The van der Waals surface area contributed by atoms with E-state index in [2.05, 4.69) is 5.32 Å². The second-order valence-corrected chi connectivity index (χ2v) is 7.00. The van der Waals surface area contributed by atoms with Crippen molar-refractivity contribution in [3.8, 4) is 0 Å². The van der Waals surface area contributed by atoms with Crippen molar-refractivity contribution in [3.05, 3.63) is 35.9 Å². The first-order valence-electron chi connectivity index (χ1n) is 9.03. The lowest BCUT2D eigenvalue weighted by Crippen LogP contribution is -2.56. The van der Waals surface area contributed by atoms with Gasteiger partial charge in [-0.1, -0.05) is 30.3 Å². The van der Waals surface area contributed by atoms with Gasteiger partial charge in [0.25, 0.3) is 5.91 Å². The predicted molar refractivity (Wildman–Crippen MR) is 92.7 cm³/mol. The van der Waals surface area contributed by atoms with E-state index < -0.39 is 24.1 Å². The predicted octanol–water partition coefficient (Wildman–Crippen LogP) is 2.21. The number of nitrogens with one attached hydrogen (secondary N) is 1. The van der Waals surface area contributed by atoms with Crippen LogP contribution < -0.4 is 5.32 Å². The molecule has 2 aliphatic carbocycles. The standard InChI is InChI=1S/C19H26N2O4/c1-13(17(22)18(23)20-15-10-11-15)21(16-8-5-9-16)19(24)25-12-14-6-3-2-4-7-14/h2-4,6-7,13,15-17,22H,5,8-12H2,1H3,(H,20,23). The number of benzene rings is 1. The molecule has 1 aromatic rings. The molecule has 2 amide bonds. The molecule has 0 saturated heterocycles. The molecule has 0 bridgehead atoms. The maximum atomic E-state index is 12.6. The molecule has 3 rings (SSSR count). The van der Waals surface area contributed by atoms with Crippen LogP contribution in [0.3, 0.4) is 0 Å². The highest BCUT2D eigenvalue weighted by Crippen LogP contribution is 2.28. The van der Waals surface area contributed by atoms with E-state index in [-0.39, 0.29) is 18.7 Å². The van der Waals surface area contributed by atoms with Gasteiger partial charge in [-0.25, -0.2) is 4.79 Å². The van der Waals surface area contributed by atoms with Crippen LogP contribution in [0, 0.1) is 0 Å². The fourth-order valence-corrected chi connectivity index (χ4v) is 2.99. The van der Waals surface area contributed by atoms with Crippen molar-refractivity contribution in [3.63, 3.8) is 0 Å². The average molecular weight is 346 g/mol. The molecule has 6 heteroatoms. The number of carbonyl (C=O) groups is 2. The van der Waals surface area contributed by atoms with Gasteiger partial charge < -0.3 is 15.2 Å². The summed E-state index contributed by atoms with van der Waals surface area (Å²) in [6.07, 6.45) is 2.99. The molecule has 2 N–H and O–H groups in total. The third-order valence-corrected chi connectivity index (χ3v) is 4.97. The molecule has 2 aliphatic rings. The lowest BCUT2D eigenvalue weighted by Gasteiger charge is -2.41. The summed E-state index contributed by atoms with van der Waals surface area (Å²) in [5.74, 6) is -0.407. The number of amides is 2. The number of hydrogen-bond acceptors (Lipinski definition) is 4. The second kappa shape index (κ2) is 7.87. The molecular formula is C19H26N2O4. The Hall–Kier alpha value is -2.08. The Balaban J connectivity index is 1.61. The van der Waals surface area contributed by atoms with Gasteiger partial charge in [0.1, 0.15) is 6.61 Å². The molecule has 0 aliphatic heterocycles. The Morgan fingerprint density at radius 3 is 2.48 bits per heavy atom. The summed E-state index contributed by atoms with van der Waals surface area (Å²) in [6.45, 7) is 1.89. The van der Waals surface area contributed by atoms with Gasteiger partial charge in [-0.05, 0) is 44.6 Å². The van der Waals surface area contributed by atoms with Crippen molar-refractivity contribution in [2.24, 2.45) is 0 Å². The Morgan fingerprint density at radius 2 is 1.92 bits per heavy atom. The second-order valence-electron chi connectivity index (χ2n) is 7.00. The van der Waals surface area contributed by atoms with E-state index in [4.69, 9.17) is 4.74 Å². The summed E-state index contributed by atoms with van der Waals surface area (Å²) in [4.78, 5) is 26.3. The van der Waals surface area contributed by atoms with E-state index in [1.54, 1.807) is 11.8 Å². The van der Waals surface area contributed by atoms with Crippen LogP contribution in [0.5, 0.6) is 0 Å². The summed E-state index contributed by atoms with van der Waals surface area (Å²) >= 11 is 0. The average Bonchev–Trinajstić information content (AvgIpc) is 3.39. The Labute approximate surface area is 148 Å². The van der Waals surface area contributed by atoms with Crippen molar-refractivity contribution in [1.29, 1.82) is 0 Å². The molecule has 0 aromatic heterocycles. The molecule has 2 fully saturated rings. The molecular weight excluding hydrogens is 320 g/mol. The SMILES string of the molecule is CC(C(O)C(=O)NC1CC1)N(C(=O)OCc1ccccc1)C1CCC1. The third-order valence-electron chi connectivity index (χ3n) is 4.97. The van der Waals surface area contributed by atoms with Crippen LogP contribution in [0.15, 0.2) is 30.3 Å². The minimum absolute atomic E-state index is 0.0293. The number of aliphatic hydroxyl groups excluding tert-OH is 1. The van der Waals surface area contributed by atoms with Crippen LogP contribution in [0.25, 0.3) is 0 Å². The highest BCUT2D eigenvalue weighted by atomic mass is 16.6. The van der Waals surface area contributed by atoms with Crippen LogP contribution in [-0.4, -0.2) is 46.2 Å². The van der Waals surface area contributed by atoms with Crippen molar-refractivity contribution < 1.29 is 19.4 Å². The summed E-state index contributed by atoms with van der Waals surface area (Å²) in [6, 6.07) is 9.06. The van der Waals surface area contributed by atoms with Crippen molar-refractivity contribution in [2.45, 2.75) is 69.9 Å². The molecule has 2 atom stereocenters. The zero-order valence-electron chi connectivity index (χ0n) is 14.6. The quantitative estimate of drug-likeness (QED) is 0.793. The maximum absolute atomic E-state index is 12.6. The van der Waals surface area contributed by atoms with E-state index in [1.165, 1.54) is 0 Å². The van der Waals surface area contributed by atoms with Crippen LogP contribution in [0.1, 0.15) is 44.6 Å². The van der Waals surface area contributed by atoms with Gasteiger partial charge in [0.2, 0.25) is 0 Å². The minimum atomic E-state index is -1.24. The van der Waals surface area contributed by atoms with Crippen LogP contribution in [-0.2, 0) is 16.1 Å². The molecule has 2 saturated carbocycles. The fraction of sp³-hybridized carbons (Fsp3) is 0.579. The number of aliphatic hydroxyl groups is 1. The number of hydrogen-bond donors (Lipinski definition) is 2. The van der Waals surface area contributed by atoms with Crippen LogP contribution in [0.4, 0.5) is 4.79 Å². The first-order valence-corrected chi connectivity index (χ1v) is 9.03. The van der Waals surface area contributed by atoms with Gasteiger partial charge in [-0.2, -0.15) is 0 Å². The van der Waals surface area contributed by atoms with Crippen LogP contribution >= 0.6 is 0 Å². The molecule has 0 spiro atoms. The van der Waals surface area contributed by atoms with Gasteiger partial charge in [0.15, 0.2) is 6.10 Å². The van der Waals surface area contributed by atoms with Crippen molar-refractivity contribution >= 4 is 12.0 Å². The maximum Gasteiger partial charge on any atom is 0.410 e. The van der Waals surface area contributed by atoms with Gasteiger partial charge in [0.05, 0.1) is 6.04 Å². The zero-order valence-corrected chi connectivity index (χ0v) is 14.6. The molecule has 25 heavy (non-hydrogen) atoms. The molecule has 0 radical (unpaired) electrons. The van der Waals surface area contributed by atoms with Crippen molar-refractivity contribution in [1.82, 2.24) is 10.2 Å². The fourth-order valence-electron chi connectivity index (χ4n) is 2.99. The van der Waals surface area contributed by atoms with E-state index in [0.29, 0.717) is 0 Å². The van der Waals surface area contributed by atoms with Gasteiger partial charge in [0, 0.05) is 12.1 Å². The first-order chi connectivity index (χ1) is 12.1. The highest BCUT2D eigenvalue weighted by Gasteiger charge is 2.39. The van der Waals surface area contributed by atoms with E-state index >= 15 is 0 Å². The molecule has 1 aromatic carbocycles. The minimum Gasteiger partial charge on any atom is -0.445 e. The molecule has 136 valence electrons. The normalized spacial score (nSPS) is 19.4. The lowest BCUT2D eigenvalue weighted by atomic mass is 9.90. The molecule has 6 nitrogen and oxygen atoms in total. The van der Waals surface area contributed by atoms with E-state index in [0.717, 1.165) is 37.7 Å². The van der Waals surface area contributed by atoms with Crippen molar-refractivity contribution in [2.75, 3.05) is 0 Å². The topological polar surface area (TPSA) is 78.9 Å². The summed E-state index contributed by atoms with van der Waals surface area (Å²) in [7, 11) is 0. The lowest BCUT2D eigenvalue weighted by molar-refractivity contribution is -0.133. The summed E-state index contributed by atoms with van der Waals surface area (Å²) < 4.78 is 5.44. The summed E-state index contributed by atoms with van der Waals surface area (Å²) in [5.41, 5.74) is 0.907. The number of rotatable bonds is 7. The smallest absolute Gasteiger partial charge is 0.410 e. The Bertz CT molecular complexity index is 599. The van der Waals surface area contributed by atoms with Gasteiger partial charge in [-0.3, -0.25) is 9.69 Å². The number of ether oxygens (including phenoxy) is 1. The van der Waals surface area contributed by atoms with Gasteiger partial charge in [-0.15, -0.1) is 0 Å². The molecule has 2 unspecified atom stereocenters. The number of nitrogens with zero attached hydrogens (tertiary/aromatic N) is 1.